The van der Waals surface area contributed by atoms with E-state index in [9.17, 15) is 9.13 Å². The van der Waals surface area contributed by atoms with Crippen molar-refractivity contribution < 1.29 is 36.3 Å². The lowest BCUT2D eigenvalue weighted by Gasteiger charge is -2.21. The number of benzene rings is 5. The first-order valence-electron chi connectivity index (χ1n) is 17.2. The highest BCUT2D eigenvalue weighted by Crippen LogP contribution is 2.51. The van der Waals surface area contributed by atoms with Crippen molar-refractivity contribution in [2.75, 3.05) is 6.61 Å². The maximum Gasteiger partial charge on any atom is 0.647 e. The van der Waals surface area contributed by atoms with Crippen molar-refractivity contribution in [3.05, 3.63) is 150 Å². The molecule has 0 spiro atoms. The maximum absolute atomic E-state index is 13.3. The summed E-state index contributed by atoms with van der Waals surface area (Å²) < 4.78 is 60.3. The average Bonchev–Trinajstić information content (AvgIpc) is 3.12. The molecule has 0 aliphatic rings. The summed E-state index contributed by atoms with van der Waals surface area (Å²) in [6.45, 7) is 10.5. The van der Waals surface area contributed by atoms with Crippen LogP contribution in [-0.2, 0) is 13.7 Å². The van der Waals surface area contributed by atoms with Crippen molar-refractivity contribution >= 4 is 15.6 Å². The van der Waals surface area contributed by atoms with Crippen molar-refractivity contribution in [3.8, 4) is 28.7 Å². The Labute approximate surface area is 302 Å². The molecule has 0 saturated heterocycles. The number of phosphoric ester groups is 2. The third kappa shape index (κ3) is 14.0. The predicted molar refractivity (Wildman–Crippen MR) is 204 cm³/mol. The Kier molecular flexibility index (Phi) is 15.3. The summed E-state index contributed by atoms with van der Waals surface area (Å²) in [4.78, 5) is 0. The van der Waals surface area contributed by atoms with Gasteiger partial charge in [0.05, 0.1) is 6.61 Å². The van der Waals surface area contributed by atoms with Gasteiger partial charge in [0.1, 0.15) is 28.7 Å². The Morgan fingerprint density at radius 2 is 0.804 bits per heavy atom. The van der Waals surface area contributed by atoms with Crippen molar-refractivity contribution in [1.29, 1.82) is 0 Å². The van der Waals surface area contributed by atoms with Gasteiger partial charge >= 0.3 is 15.6 Å². The second-order valence-electron chi connectivity index (χ2n) is 12.1. The fourth-order valence-corrected chi connectivity index (χ4v) is 7.18. The number of phosphoric acid groups is 2. The topological polar surface area (TPSA) is 89.5 Å². The molecule has 0 aliphatic heterocycles. The third-order valence-electron chi connectivity index (χ3n) is 7.65. The smallest absolute Gasteiger partial charge is 0.395 e. The largest absolute Gasteiger partial charge is 0.647 e. The van der Waals surface area contributed by atoms with Crippen LogP contribution >= 0.6 is 15.6 Å². The molecule has 1 atom stereocenters. The molecule has 5 rings (SSSR count). The van der Waals surface area contributed by atoms with Crippen molar-refractivity contribution in [1.82, 2.24) is 0 Å². The Hall–Kier alpha value is -4.48. The fraction of sp³-hybridized carbons (Fsp3) is 0.268. The highest BCUT2D eigenvalue weighted by atomic mass is 31.2. The molecule has 1 unspecified atom stereocenters. The van der Waals surface area contributed by atoms with Crippen molar-refractivity contribution in [2.45, 2.75) is 60.3 Å². The molecular weight excluding hydrogens is 682 g/mol. The minimum atomic E-state index is -3.93. The van der Waals surface area contributed by atoms with Crippen LogP contribution in [0.4, 0.5) is 0 Å². The molecule has 0 fully saturated rings. The van der Waals surface area contributed by atoms with Crippen molar-refractivity contribution in [3.63, 3.8) is 0 Å². The van der Waals surface area contributed by atoms with E-state index in [1.807, 2.05) is 93.6 Å². The minimum absolute atomic E-state index is 0.340. The third-order valence-corrected chi connectivity index (χ3v) is 10.3. The van der Waals surface area contributed by atoms with Crippen LogP contribution in [0, 0.1) is 26.7 Å². The second kappa shape index (κ2) is 19.8. The number of aryl methyl sites for hydroxylation is 3. The van der Waals surface area contributed by atoms with Crippen LogP contribution in [0.3, 0.4) is 0 Å². The summed E-state index contributed by atoms with van der Waals surface area (Å²) >= 11 is 0. The minimum Gasteiger partial charge on any atom is -0.395 e. The van der Waals surface area contributed by atoms with Gasteiger partial charge in [-0.2, -0.15) is 4.57 Å². The van der Waals surface area contributed by atoms with E-state index in [4.69, 9.17) is 27.1 Å². The quantitative estimate of drug-likeness (QED) is 0.0874. The molecule has 5 aromatic carbocycles. The van der Waals surface area contributed by atoms with E-state index in [-0.39, 0.29) is 0 Å². The van der Waals surface area contributed by atoms with Gasteiger partial charge in [-0.05, 0) is 93.8 Å². The zero-order valence-corrected chi connectivity index (χ0v) is 31.8. The predicted octanol–water partition coefficient (Wildman–Crippen LogP) is 12.7. The summed E-state index contributed by atoms with van der Waals surface area (Å²) in [6.07, 6.45) is 4.28. The first kappa shape index (κ1) is 39.3. The Morgan fingerprint density at radius 3 is 1.14 bits per heavy atom. The van der Waals surface area contributed by atoms with E-state index >= 15 is 0 Å². The number of unbranched alkanes of at least 4 members (excludes halogenated alkanes) is 1. The summed E-state index contributed by atoms with van der Waals surface area (Å²) in [5, 5.41) is 0. The molecule has 51 heavy (non-hydrogen) atoms. The van der Waals surface area contributed by atoms with Crippen LogP contribution < -0.4 is 22.6 Å². The van der Waals surface area contributed by atoms with Gasteiger partial charge in [-0.15, -0.1) is 0 Å². The van der Waals surface area contributed by atoms with Crippen LogP contribution in [0.1, 0.15) is 56.2 Å². The number of hydrogen-bond acceptors (Lipinski definition) is 8. The first-order valence-corrected chi connectivity index (χ1v) is 20.1. The summed E-state index contributed by atoms with van der Waals surface area (Å²) in [7, 11) is -7.69. The van der Waals surface area contributed by atoms with Gasteiger partial charge in [0.25, 0.3) is 0 Å². The Bertz CT molecular complexity index is 1650. The number of rotatable bonds is 17. The number of para-hydroxylation sites is 2. The standard InChI is InChI=1S/C21H21O4P.C20H27O4P/c1-16-4-10-19(11-5-16)23-26(22,24-20-12-6-17(2)7-13-20)25-21-14-8-18(3)9-15-21;1-3-5-12-18(4-2)17-22-25(21,23-19-13-8-6-9-14-19)24-20-15-10-7-11-16-20/h4-15H,1-3H3;6-11,13-16,18H,3-5,12,17H2,1-2H3. The van der Waals surface area contributed by atoms with E-state index in [0.717, 1.165) is 42.4 Å². The maximum atomic E-state index is 13.3. The van der Waals surface area contributed by atoms with Crippen LogP contribution in [0.2, 0.25) is 0 Å². The van der Waals surface area contributed by atoms with E-state index in [1.165, 1.54) is 0 Å². The van der Waals surface area contributed by atoms with Gasteiger partial charge in [-0.1, -0.05) is 123 Å². The zero-order valence-electron chi connectivity index (χ0n) is 30.0. The molecule has 0 N–H and O–H groups in total. The first-order chi connectivity index (χ1) is 24.6. The van der Waals surface area contributed by atoms with Crippen LogP contribution in [-0.4, -0.2) is 6.61 Å². The molecule has 10 heteroatoms. The van der Waals surface area contributed by atoms with Gasteiger partial charge in [0, 0.05) is 0 Å². The van der Waals surface area contributed by atoms with Gasteiger partial charge in [-0.3, -0.25) is 4.52 Å². The van der Waals surface area contributed by atoms with Gasteiger partial charge in [-0.25, -0.2) is 4.57 Å². The highest BCUT2D eigenvalue weighted by Gasteiger charge is 2.34. The Morgan fingerprint density at radius 1 is 0.471 bits per heavy atom. The molecule has 8 nitrogen and oxygen atoms in total. The summed E-state index contributed by atoms with van der Waals surface area (Å²) in [5.41, 5.74) is 3.23. The molecule has 5 aromatic rings. The van der Waals surface area contributed by atoms with Gasteiger partial charge in [0.2, 0.25) is 0 Å². The molecule has 0 aliphatic carbocycles. The van der Waals surface area contributed by atoms with Gasteiger partial charge in [0.15, 0.2) is 0 Å². The monoisotopic (exact) mass is 730 g/mol. The highest BCUT2D eigenvalue weighted by molar-refractivity contribution is 7.50. The molecule has 0 aromatic heterocycles. The van der Waals surface area contributed by atoms with E-state index in [0.29, 0.717) is 41.3 Å². The average molecular weight is 731 g/mol. The lowest BCUT2D eigenvalue weighted by Crippen LogP contribution is -2.12. The molecule has 0 heterocycles. The normalized spacial score (nSPS) is 11.8. The van der Waals surface area contributed by atoms with Crippen LogP contribution in [0.15, 0.2) is 133 Å². The summed E-state index contributed by atoms with van der Waals surface area (Å²) in [5.74, 6) is 2.51. The van der Waals surface area contributed by atoms with E-state index in [2.05, 4.69) is 13.8 Å². The zero-order chi connectivity index (χ0) is 36.5. The molecule has 0 bridgehead atoms. The van der Waals surface area contributed by atoms with Crippen molar-refractivity contribution in [2.24, 2.45) is 5.92 Å². The molecular formula is C41H48O8P2. The van der Waals surface area contributed by atoms with E-state index in [1.54, 1.807) is 60.7 Å². The second-order valence-corrected chi connectivity index (χ2v) is 15.1. The SMILES string of the molecule is CCCCC(CC)COP(=O)(Oc1ccccc1)Oc1ccccc1.Cc1ccc(OP(=O)(Oc2ccc(C)cc2)Oc2ccc(C)cc2)cc1. The fourth-order valence-electron chi connectivity index (χ4n) is 4.63. The summed E-state index contributed by atoms with van der Waals surface area (Å²) in [6, 6.07) is 39.6. The number of hydrogen-bond donors (Lipinski definition) is 0. The molecule has 0 radical (unpaired) electrons. The molecule has 0 saturated carbocycles. The van der Waals surface area contributed by atoms with Crippen LogP contribution in [0.5, 0.6) is 28.7 Å². The van der Waals surface area contributed by atoms with Gasteiger partial charge < -0.3 is 22.6 Å². The molecule has 270 valence electrons. The lowest BCUT2D eigenvalue weighted by molar-refractivity contribution is 0.170. The van der Waals surface area contributed by atoms with Crippen LogP contribution in [0.25, 0.3) is 0 Å². The van der Waals surface area contributed by atoms with E-state index < -0.39 is 15.6 Å². The lowest BCUT2D eigenvalue weighted by atomic mass is 10.0. The Balaban J connectivity index is 0.000000229. The molecule has 0 amide bonds.